The van der Waals surface area contributed by atoms with Gasteiger partial charge in [-0.15, -0.1) is 0 Å². The molecule has 1 fully saturated rings. The Kier molecular flexibility index (Phi) is 5.75. The predicted octanol–water partition coefficient (Wildman–Crippen LogP) is -0.499. The van der Waals surface area contributed by atoms with Crippen LogP contribution in [0.3, 0.4) is 0 Å². The van der Waals surface area contributed by atoms with Crippen molar-refractivity contribution in [1.29, 1.82) is 0 Å². The number of nitrogens with zero attached hydrogens (tertiary/aromatic N) is 3. The zero-order valence-electron chi connectivity index (χ0n) is 11.5. The average Bonchev–Trinajstić information content (AvgIpc) is 2.62. The van der Waals surface area contributed by atoms with E-state index in [9.17, 15) is 14.4 Å². The molecule has 4 amide bonds. The summed E-state index contributed by atoms with van der Waals surface area (Å²) in [6.45, 7) is 3.02. The third-order valence-corrected chi connectivity index (χ3v) is 3.11. The number of aliphatic hydroxyl groups is 1. The van der Waals surface area contributed by atoms with Gasteiger partial charge in [0.2, 0.25) is 11.8 Å². The lowest BCUT2D eigenvalue weighted by atomic mass is 10.2. The molecule has 0 atom stereocenters. The Morgan fingerprint density at radius 2 is 2.11 bits per heavy atom. The Hall–Kier alpha value is -1.63. The van der Waals surface area contributed by atoms with Crippen LogP contribution in [0.25, 0.3) is 0 Å². The SMILES string of the molecule is CCN(CCO)C(=O)CCCN1C(=O)CN(C)C1=O. The van der Waals surface area contributed by atoms with Crippen LogP contribution in [-0.2, 0) is 9.59 Å². The molecular formula is C12H21N3O4. The molecule has 0 aromatic rings. The molecule has 19 heavy (non-hydrogen) atoms. The van der Waals surface area contributed by atoms with Gasteiger partial charge in [0.25, 0.3) is 0 Å². The van der Waals surface area contributed by atoms with Crippen molar-refractivity contribution in [2.75, 3.05) is 39.8 Å². The quantitative estimate of drug-likeness (QED) is 0.633. The smallest absolute Gasteiger partial charge is 0.326 e. The Morgan fingerprint density at radius 1 is 1.42 bits per heavy atom. The molecular weight excluding hydrogens is 250 g/mol. The van der Waals surface area contributed by atoms with Gasteiger partial charge in [0.15, 0.2) is 0 Å². The summed E-state index contributed by atoms with van der Waals surface area (Å²) in [6, 6.07) is -0.305. The van der Waals surface area contributed by atoms with Crippen molar-refractivity contribution >= 4 is 17.8 Å². The maximum atomic E-state index is 11.8. The second-order valence-corrected chi connectivity index (χ2v) is 4.48. The van der Waals surface area contributed by atoms with Crippen LogP contribution in [0.1, 0.15) is 19.8 Å². The predicted molar refractivity (Wildman–Crippen MR) is 68.3 cm³/mol. The molecule has 1 rings (SSSR count). The molecule has 0 unspecified atom stereocenters. The maximum Gasteiger partial charge on any atom is 0.326 e. The lowest BCUT2D eigenvalue weighted by Crippen LogP contribution is -2.35. The lowest BCUT2D eigenvalue weighted by Gasteiger charge is -2.20. The minimum atomic E-state index is -0.305. The summed E-state index contributed by atoms with van der Waals surface area (Å²) in [4.78, 5) is 39.0. The number of hydrogen-bond donors (Lipinski definition) is 1. The number of aliphatic hydroxyl groups excluding tert-OH is 1. The first-order chi connectivity index (χ1) is 9.01. The van der Waals surface area contributed by atoms with E-state index in [1.54, 1.807) is 11.9 Å². The van der Waals surface area contributed by atoms with E-state index >= 15 is 0 Å². The van der Waals surface area contributed by atoms with Crippen LogP contribution in [0, 0.1) is 0 Å². The summed E-state index contributed by atoms with van der Waals surface area (Å²) in [6.07, 6.45) is 0.723. The van der Waals surface area contributed by atoms with Crippen molar-refractivity contribution in [3.63, 3.8) is 0 Å². The van der Waals surface area contributed by atoms with E-state index in [4.69, 9.17) is 5.11 Å². The first-order valence-corrected chi connectivity index (χ1v) is 6.45. The highest BCUT2D eigenvalue weighted by molar-refractivity contribution is 6.01. The van der Waals surface area contributed by atoms with Gasteiger partial charge in [-0.25, -0.2) is 4.79 Å². The van der Waals surface area contributed by atoms with Crippen LogP contribution in [0.5, 0.6) is 0 Å². The first-order valence-electron chi connectivity index (χ1n) is 6.45. The fourth-order valence-electron chi connectivity index (χ4n) is 2.02. The van der Waals surface area contributed by atoms with E-state index in [1.807, 2.05) is 6.92 Å². The number of carbonyl (C=O) groups excluding carboxylic acids is 3. The molecule has 1 aliphatic rings. The number of amides is 4. The minimum Gasteiger partial charge on any atom is -0.395 e. The van der Waals surface area contributed by atoms with Gasteiger partial charge in [-0.05, 0) is 13.3 Å². The van der Waals surface area contributed by atoms with E-state index in [0.29, 0.717) is 19.5 Å². The van der Waals surface area contributed by atoms with Crippen molar-refractivity contribution in [2.45, 2.75) is 19.8 Å². The molecule has 1 N–H and O–H groups in total. The fourth-order valence-corrected chi connectivity index (χ4v) is 2.02. The van der Waals surface area contributed by atoms with Gasteiger partial charge in [0, 0.05) is 33.1 Å². The molecule has 0 aromatic carbocycles. The first kappa shape index (κ1) is 15.4. The van der Waals surface area contributed by atoms with Crippen molar-refractivity contribution in [2.24, 2.45) is 0 Å². The largest absolute Gasteiger partial charge is 0.395 e. The van der Waals surface area contributed by atoms with E-state index in [-0.39, 0.29) is 44.0 Å². The highest BCUT2D eigenvalue weighted by Gasteiger charge is 2.32. The molecule has 7 heteroatoms. The molecule has 1 aliphatic heterocycles. The zero-order valence-corrected chi connectivity index (χ0v) is 11.5. The normalized spacial score (nSPS) is 15.3. The number of likely N-dealkylation sites (N-methyl/N-ethyl adjacent to an activating group) is 2. The molecule has 108 valence electrons. The third-order valence-electron chi connectivity index (χ3n) is 3.11. The van der Waals surface area contributed by atoms with Crippen molar-refractivity contribution in [3.8, 4) is 0 Å². The van der Waals surface area contributed by atoms with Gasteiger partial charge in [-0.2, -0.15) is 0 Å². The van der Waals surface area contributed by atoms with Crippen LogP contribution in [0.4, 0.5) is 4.79 Å². The summed E-state index contributed by atoms with van der Waals surface area (Å²) in [7, 11) is 1.57. The van der Waals surface area contributed by atoms with Crippen molar-refractivity contribution < 1.29 is 19.5 Å². The number of urea groups is 1. The van der Waals surface area contributed by atoms with Gasteiger partial charge in [0.1, 0.15) is 6.54 Å². The highest BCUT2D eigenvalue weighted by Crippen LogP contribution is 2.09. The molecule has 0 aromatic heterocycles. The maximum absolute atomic E-state index is 11.8. The second kappa shape index (κ2) is 7.08. The van der Waals surface area contributed by atoms with E-state index in [0.717, 1.165) is 0 Å². The van der Waals surface area contributed by atoms with Crippen LogP contribution in [0.15, 0.2) is 0 Å². The number of carbonyl (C=O) groups is 3. The molecule has 0 aliphatic carbocycles. The minimum absolute atomic E-state index is 0.0620. The van der Waals surface area contributed by atoms with E-state index < -0.39 is 0 Å². The summed E-state index contributed by atoms with van der Waals surface area (Å²) in [5.41, 5.74) is 0. The topological polar surface area (TPSA) is 81.2 Å². The van der Waals surface area contributed by atoms with Gasteiger partial charge in [-0.3, -0.25) is 14.5 Å². The molecule has 7 nitrogen and oxygen atoms in total. The van der Waals surface area contributed by atoms with Crippen LogP contribution in [0.2, 0.25) is 0 Å². The Balaban J connectivity index is 2.36. The average molecular weight is 271 g/mol. The van der Waals surface area contributed by atoms with E-state index in [2.05, 4.69) is 0 Å². The Labute approximate surface area is 112 Å². The molecule has 1 heterocycles. The van der Waals surface area contributed by atoms with E-state index in [1.165, 1.54) is 9.80 Å². The molecule has 0 radical (unpaired) electrons. The molecule has 0 spiro atoms. The monoisotopic (exact) mass is 271 g/mol. The Bertz CT molecular complexity index is 359. The lowest BCUT2D eigenvalue weighted by molar-refractivity contribution is -0.132. The summed E-state index contributed by atoms with van der Waals surface area (Å²) in [5, 5.41) is 8.82. The highest BCUT2D eigenvalue weighted by atomic mass is 16.3. The van der Waals surface area contributed by atoms with Gasteiger partial charge in [-0.1, -0.05) is 0 Å². The summed E-state index contributed by atoms with van der Waals surface area (Å²) < 4.78 is 0. The Morgan fingerprint density at radius 3 is 2.58 bits per heavy atom. The molecule has 0 bridgehead atoms. The zero-order chi connectivity index (χ0) is 14.4. The summed E-state index contributed by atoms with van der Waals surface area (Å²) in [5.74, 6) is -0.286. The van der Waals surface area contributed by atoms with Gasteiger partial charge >= 0.3 is 6.03 Å². The van der Waals surface area contributed by atoms with Gasteiger partial charge < -0.3 is 14.9 Å². The van der Waals surface area contributed by atoms with Crippen LogP contribution < -0.4 is 0 Å². The summed E-state index contributed by atoms with van der Waals surface area (Å²) >= 11 is 0. The standard InChI is InChI=1S/C12H21N3O4/c1-3-14(7-8-16)10(17)5-4-6-15-11(18)9-13(2)12(15)19/h16H,3-9H2,1-2H3. The van der Waals surface area contributed by atoms with Crippen molar-refractivity contribution in [3.05, 3.63) is 0 Å². The fraction of sp³-hybridized carbons (Fsp3) is 0.750. The number of hydrogen-bond acceptors (Lipinski definition) is 4. The second-order valence-electron chi connectivity index (χ2n) is 4.48. The third kappa shape index (κ3) is 3.92. The van der Waals surface area contributed by atoms with Gasteiger partial charge in [0.05, 0.1) is 6.61 Å². The van der Waals surface area contributed by atoms with Crippen LogP contribution >= 0.6 is 0 Å². The van der Waals surface area contributed by atoms with Crippen LogP contribution in [-0.4, -0.2) is 77.5 Å². The molecule has 0 saturated carbocycles. The van der Waals surface area contributed by atoms with Crippen molar-refractivity contribution in [1.82, 2.24) is 14.7 Å². The number of imide groups is 1. The number of rotatable bonds is 7. The molecule has 1 saturated heterocycles.